The first-order valence-electron chi connectivity index (χ1n) is 15.0. The van der Waals surface area contributed by atoms with E-state index in [0.29, 0.717) is 0 Å². The van der Waals surface area contributed by atoms with Gasteiger partial charge >= 0.3 is 0 Å². The molecule has 0 unspecified atom stereocenters. The molecule has 1 aliphatic rings. The summed E-state index contributed by atoms with van der Waals surface area (Å²) in [6.45, 7) is 13.5. The molecule has 0 aromatic rings. The highest BCUT2D eigenvalue weighted by Crippen LogP contribution is 2.29. The van der Waals surface area contributed by atoms with E-state index >= 15 is 0 Å². The van der Waals surface area contributed by atoms with Gasteiger partial charge in [-0.3, -0.25) is 0 Å². The smallest absolute Gasteiger partial charge is 0.000966 e. The van der Waals surface area contributed by atoms with Gasteiger partial charge in [-0.05, 0) is 56.5 Å². The van der Waals surface area contributed by atoms with Crippen LogP contribution in [0.1, 0.15) is 156 Å². The van der Waals surface area contributed by atoms with E-state index in [-0.39, 0.29) is 0 Å². The SMILES string of the molecule is CCCCCCC(CCCCCC)CCC1CCN(CC(CCCC)CCCC)CC1. The largest absolute Gasteiger partial charge is 0.303 e. The maximum absolute atomic E-state index is 2.83. The van der Waals surface area contributed by atoms with Crippen LogP contribution in [0, 0.1) is 17.8 Å². The van der Waals surface area contributed by atoms with Crippen LogP contribution in [0.5, 0.6) is 0 Å². The molecule has 0 spiro atoms. The predicted molar refractivity (Wildman–Crippen MR) is 142 cm³/mol. The second-order valence-electron chi connectivity index (χ2n) is 11.0. The summed E-state index contributed by atoms with van der Waals surface area (Å²) in [4.78, 5) is 2.83. The summed E-state index contributed by atoms with van der Waals surface area (Å²) in [5.74, 6) is 3.01. The number of likely N-dealkylation sites (tertiary alicyclic amines) is 1. The van der Waals surface area contributed by atoms with E-state index in [1.54, 1.807) is 0 Å². The van der Waals surface area contributed by atoms with Gasteiger partial charge in [-0.1, -0.05) is 130 Å². The highest BCUT2D eigenvalue weighted by molar-refractivity contribution is 4.76. The molecule has 0 radical (unpaired) electrons. The van der Waals surface area contributed by atoms with Crippen molar-refractivity contribution in [2.24, 2.45) is 17.8 Å². The fourth-order valence-electron chi connectivity index (χ4n) is 5.76. The third kappa shape index (κ3) is 15.4. The fourth-order valence-corrected chi connectivity index (χ4v) is 5.76. The fraction of sp³-hybridized carbons (Fsp3) is 1.00. The van der Waals surface area contributed by atoms with Gasteiger partial charge in [0.1, 0.15) is 0 Å². The minimum absolute atomic E-state index is 0.965. The highest BCUT2D eigenvalue weighted by Gasteiger charge is 2.22. The number of rotatable bonds is 21. The molecule has 0 aliphatic carbocycles. The molecule has 1 fully saturated rings. The van der Waals surface area contributed by atoms with Crippen molar-refractivity contribution in [3.63, 3.8) is 0 Å². The van der Waals surface area contributed by atoms with Crippen molar-refractivity contribution in [3.05, 3.63) is 0 Å². The van der Waals surface area contributed by atoms with Gasteiger partial charge < -0.3 is 4.90 Å². The molecule has 0 N–H and O–H groups in total. The average Bonchev–Trinajstić information content (AvgIpc) is 2.79. The third-order valence-corrected chi connectivity index (χ3v) is 8.07. The van der Waals surface area contributed by atoms with Crippen LogP contribution in [0.25, 0.3) is 0 Å². The number of hydrogen-bond donors (Lipinski definition) is 0. The topological polar surface area (TPSA) is 3.24 Å². The maximum atomic E-state index is 2.83. The van der Waals surface area contributed by atoms with Crippen LogP contribution in [0.3, 0.4) is 0 Å². The van der Waals surface area contributed by atoms with Gasteiger partial charge in [0, 0.05) is 6.54 Å². The number of piperidine rings is 1. The van der Waals surface area contributed by atoms with Crippen LogP contribution >= 0.6 is 0 Å². The van der Waals surface area contributed by atoms with E-state index in [2.05, 4.69) is 32.6 Å². The van der Waals surface area contributed by atoms with Crippen molar-refractivity contribution in [2.75, 3.05) is 19.6 Å². The van der Waals surface area contributed by atoms with Crippen LogP contribution in [0.4, 0.5) is 0 Å². The lowest BCUT2D eigenvalue weighted by Crippen LogP contribution is -2.37. The zero-order valence-corrected chi connectivity index (χ0v) is 22.4. The van der Waals surface area contributed by atoms with E-state index in [4.69, 9.17) is 0 Å². The van der Waals surface area contributed by atoms with Crippen LogP contribution in [0.2, 0.25) is 0 Å². The Bertz CT molecular complexity index is 337. The molecular weight excluding hydrogens is 374 g/mol. The van der Waals surface area contributed by atoms with Gasteiger partial charge in [-0.25, -0.2) is 0 Å². The molecular formula is C30H61N. The first-order chi connectivity index (χ1) is 15.2. The lowest BCUT2D eigenvalue weighted by molar-refractivity contribution is 0.144. The van der Waals surface area contributed by atoms with Gasteiger partial charge in [-0.2, -0.15) is 0 Å². The lowest BCUT2D eigenvalue weighted by atomic mass is 9.84. The highest BCUT2D eigenvalue weighted by atomic mass is 15.1. The molecule has 186 valence electrons. The third-order valence-electron chi connectivity index (χ3n) is 8.07. The summed E-state index contributed by atoms with van der Waals surface area (Å²) in [6.07, 6.45) is 29.1. The van der Waals surface area contributed by atoms with E-state index in [9.17, 15) is 0 Å². The molecule has 0 aromatic heterocycles. The maximum Gasteiger partial charge on any atom is 0.000966 e. The normalized spacial score (nSPS) is 16.1. The molecule has 1 heterocycles. The quantitative estimate of drug-likeness (QED) is 0.162. The molecule has 0 aromatic carbocycles. The Morgan fingerprint density at radius 2 is 1.03 bits per heavy atom. The zero-order valence-electron chi connectivity index (χ0n) is 22.4. The molecule has 0 amide bonds. The van der Waals surface area contributed by atoms with Crippen molar-refractivity contribution in [1.29, 1.82) is 0 Å². The van der Waals surface area contributed by atoms with Crippen molar-refractivity contribution >= 4 is 0 Å². The Hall–Kier alpha value is -0.0400. The summed E-state index contributed by atoms with van der Waals surface area (Å²) >= 11 is 0. The molecule has 1 heteroatoms. The molecule has 1 rings (SSSR count). The molecule has 0 saturated carbocycles. The lowest BCUT2D eigenvalue weighted by Gasteiger charge is -2.35. The minimum atomic E-state index is 0.965. The Morgan fingerprint density at radius 1 is 0.548 bits per heavy atom. The van der Waals surface area contributed by atoms with E-state index in [0.717, 1.165) is 17.8 Å². The van der Waals surface area contributed by atoms with Crippen molar-refractivity contribution < 1.29 is 0 Å². The van der Waals surface area contributed by atoms with Gasteiger partial charge in [0.25, 0.3) is 0 Å². The molecule has 31 heavy (non-hydrogen) atoms. The second kappa shape index (κ2) is 20.6. The van der Waals surface area contributed by atoms with Crippen LogP contribution in [-0.4, -0.2) is 24.5 Å². The van der Waals surface area contributed by atoms with Crippen molar-refractivity contribution in [1.82, 2.24) is 4.90 Å². The number of unbranched alkanes of at least 4 members (excludes halogenated alkanes) is 8. The summed E-state index contributed by atoms with van der Waals surface area (Å²) in [7, 11) is 0. The number of hydrogen-bond acceptors (Lipinski definition) is 1. The second-order valence-corrected chi connectivity index (χ2v) is 11.0. The van der Waals surface area contributed by atoms with E-state index in [1.807, 2.05) is 0 Å². The van der Waals surface area contributed by atoms with E-state index in [1.165, 1.54) is 148 Å². The summed E-state index contributed by atoms with van der Waals surface area (Å²) in [5.41, 5.74) is 0. The Morgan fingerprint density at radius 3 is 1.52 bits per heavy atom. The van der Waals surface area contributed by atoms with Crippen LogP contribution in [0.15, 0.2) is 0 Å². The molecule has 0 atom stereocenters. The standard InChI is InChI=1S/C30H61N/c1-5-9-13-15-19-28(20-16-14-10-6-2)21-22-29-23-25-31(26-24-29)27-30(17-11-7-3)18-12-8-4/h28-30H,5-27H2,1-4H3. The van der Waals surface area contributed by atoms with Gasteiger partial charge in [0.05, 0.1) is 0 Å². The summed E-state index contributed by atoms with van der Waals surface area (Å²) in [6, 6.07) is 0. The Balaban J connectivity index is 2.31. The van der Waals surface area contributed by atoms with Gasteiger partial charge in [-0.15, -0.1) is 0 Å². The molecule has 1 aliphatic heterocycles. The zero-order chi connectivity index (χ0) is 22.6. The molecule has 1 nitrogen and oxygen atoms in total. The predicted octanol–water partition coefficient (Wildman–Crippen LogP) is 10.0. The number of nitrogens with zero attached hydrogens (tertiary/aromatic N) is 1. The monoisotopic (exact) mass is 435 g/mol. The molecule has 0 bridgehead atoms. The van der Waals surface area contributed by atoms with Crippen LogP contribution in [-0.2, 0) is 0 Å². The molecule has 1 saturated heterocycles. The Kier molecular flexibility index (Phi) is 19.2. The van der Waals surface area contributed by atoms with E-state index < -0.39 is 0 Å². The first kappa shape index (κ1) is 29.0. The summed E-state index contributed by atoms with van der Waals surface area (Å²) in [5, 5.41) is 0. The minimum Gasteiger partial charge on any atom is -0.303 e. The van der Waals surface area contributed by atoms with Gasteiger partial charge in [0.15, 0.2) is 0 Å². The van der Waals surface area contributed by atoms with Gasteiger partial charge in [0.2, 0.25) is 0 Å². The first-order valence-corrected chi connectivity index (χ1v) is 15.0. The van der Waals surface area contributed by atoms with Crippen LogP contribution < -0.4 is 0 Å². The Labute approximate surface area is 198 Å². The van der Waals surface area contributed by atoms with Crippen molar-refractivity contribution in [3.8, 4) is 0 Å². The summed E-state index contributed by atoms with van der Waals surface area (Å²) < 4.78 is 0. The van der Waals surface area contributed by atoms with Crippen molar-refractivity contribution in [2.45, 2.75) is 156 Å². The average molecular weight is 436 g/mol.